The number of hydrogen-bond acceptors (Lipinski definition) is 3. The van der Waals surface area contributed by atoms with Gasteiger partial charge in [-0.05, 0) is 66.5 Å². The highest BCUT2D eigenvalue weighted by atomic mass is 32.1. The third kappa shape index (κ3) is 2.47. The smallest absolute Gasteiger partial charge is 0.0764 e. The van der Waals surface area contributed by atoms with Crippen LogP contribution in [0.2, 0.25) is 0 Å². The average Bonchev–Trinajstić information content (AvgIpc) is 3.25. The van der Waals surface area contributed by atoms with Crippen LogP contribution in [0.4, 0.5) is 0 Å². The summed E-state index contributed by atoms with van der Waals surface area (Å²) in [4.78, 5) is 2.91. The SMILES string of the molecule is c1csc(C(NCC2CC3CCC2C3)c2cccs2)c1. The van der Waals surface area contributed by atoms with Gasteiger partial charge in [-0.15, -0.1) is 22.7 Å². The van der Waals surface area contributed by atoms with Gasteiger partial charge in [0, 0.05) is 9.75 Å². The van der Waals surface area contributed by atoms with Gasteiger partial charge in [0.1, 0.15) is 0 Å². The second-order valence-electron chi connectivity index (χ2n) is 6.31. The Morgan fingerprint density at radius 1 is 1.05 bits per heavy atom. The van der Waals surface area contributed by atoms with Crippen LogP contribution >= 0.6 is 22.7 Å². The Morgan fingerprint density at radius 3 is 2.30 bits per heavy atom. The van der Waals surface area contributed by atoms with Crippen LogP contribution in [0.15, 0.2) is 35.0 Å². The van der Waals surface area contributed by atoms with Gasteiger partial charge in [-0.2, -0.15) is 0 Å². The number of fused-ring (bicyclic) bond motifs is 2. The van der Waals surface area contributed by atoms with Crippen molar-refractivity contribution in [1.82, 2.24) is 5.32 Å². The fourth-order valence-corrected chi connectivity index (χ4v) is 5.86. The van der Waals surface area contributed by atoms with E-state index in [-0.39, 0.29) is 0 Å². The average molecular weight is 303 g/mol. The molecule has 2 aliphatic carbocycles. The Bertz CT molecular complexity index is 497. The molecule has 0 saturated heterocycles. The van der Waals surface area contributed by atoms with Crippen LogP contribution in [0, 0.1) is 17.8 Å². The van der Waals surface area contributed by atoms with E-state index in [0.717, 1.165) is 17.8 Å². The Balaban J connectivity index is 1.46. The van der Waals surface area contributed by atoms with E-state index in [1.807, 2.05) is 22.7 Å². The molecule has 2 aromatic rings. The Kier molecular flexibility index (Phi) is 3.67. The summed E-state index contributed by atoms with van der Waals surface area (Å²) in [6.07, 6.45) is 5.97. The Labute approximate surface area is 129 Å². The minimum absolute atomic E-state index is 0.411. The molecule has 3 unspecified atom stereocenters. The topological polar surface area (TPSA) is 12.0 Å². The third-order valence-corrected chi connectivity index (χ3v) is 7.00. The lowest BCUT2D eigenvalue weighted by atomic mass is 9.88. The van der Waals surface area contributed by atoms with Gasteiger partial charge in [0.15, 0.2) is 0 Å². The van der Waals surface area contributed by atoms with E-state index < -0.39 is 0 Å². The summed E-state index contributed by atoms with van der Waals surface area (Å²) in [6.45, 7) is 1.20. The zero-order valence-corrected chi connectivity index (χ0v) is 13.3. The molecule has 106 valence electrons. The first-order chi connectivity index (χ1) is 9.90. The molecule has 0 aromatic carbocycles. The van der Waals surface area contributed by atoms with E-state index in [9.17, 15) is 0 Å². The van der Waals surface area contributed by atoms with Crippen molar-refractivity contribution in [3.8, 4) is 0 Å². The molecule has 2 heterocycles. The molecule has 0 amide bonds. The van der Waals surface area contributed by atoms with Crippen molar-refractivity contribution in [3.05, 3.63) is 44.8 Å². The molecule has 3 atom stereocenters. The standard InChI is InChI=1S/C17H21NS2/c1-3-15(19-7-1)17(16-4-2-8-20-16)18-11-14-10-12-5-6-13(14)9-12/h1-4,7-8,12-14,17-18H,5-6,9-11H2. The molecule has 2 aromatic heterocycles. The molecule has 1 nitrogen and oxygen atoms in total. The summed E-state index contributed by atoms with van der Waals surface area (Å²) in [5, 5.41) is 8.25. The molecule has 4 rings (SSSR count). The number of thiophene rings is 2. The lowest BCUT2D eigenvalue weighted by Gasteiger charge is -2.25. The summed E-state index contributed by atoms with van der Waals surface area (Å²) in [6, 6.07) is 9.28. The van der Waals surface area contributed by atoms with Gasteiger partial charge in [0.05, 0.1) is 6.04 Å². The van der Waals surface area contributed by atoms with Crippen molar-refractivity contribution in [2.45, 2.75) is 31.7 Å². The zero-order chi connectivity index (χ0) is 13.4. The van der Waals surface area contributed by atoms with Gasteiger partial charge >= 0.3 is 0 Å². The molecule has 2 bridgehead atoms. The van der Waals surface area contributed by atoms with Crippen molar-refractivity contribution in [1.29, 1.82) is 0 Å². The maximum Gasteiger partial charge on any atom is 0.0764 e. The van der Waals surface area contributed by atoms with E-state index in [2.05, 4.69) is 40.3 Å². The lowest BCUT2D eigenvalue weighted by molar-refractivity contribution is 0.313. The second kappa shape index (κ2) is 5.63. The van der Waals surface area contributed by atoms with Crippen molar-refractivity contribution >= 4 is 22.7 Å². The van der Waals surface area contributed by atoms with E-state index >= 15 is 0 Å². The summed E-state index contributed by atoms with van der Waals surface area (Å²) in [7, 11) is 0. The first-order valence-corrected chi connectivity index (χ1v) is 9.46. The first kappa shape index (κ1) is 13.1. The lowest BCUT2D eigenvalue weighted by Crippen LogP contribution is -2.29. The molecule has 0 radical (unpaired) electrons. The van der Waals surface area contributed by atoms with Crippen LogP contribution in [0.25, 0.3) is 0 Å². The van der Waals surface area contributed by atoms with E-state index in [1.165, 1.54) is 42.0 Å². The molecule has 3 heteroatoms. The maximum atomic E-state index is 3.87. The summed E-state index contributed by atoms with van der Waals surface area (Å²) in [5.74, 6) is 2.99. The van der Waals surface area contributed by atoms with Gasteiger partial charge in [-0.1, -0.05) is 18.6 Å². The summed E-state index contributed by atoms with van der Waals surface area (Å²) < 4.78 is 0. The fraction of sp³-hybridized carbons (Fsp3) is 0.529. The van der Waals surface area contributed by atoms with E-state index in [1.54, 1.807) is 0 Å². The predicted molar refractivity (Wildman–Crippen MR) is 87.4 cm³/mol. The molecular formula is C17H21NS2. The molecule has 2 aliphatic rings. The predicted octanol–water partition coefficient (Wildman–Crippen LogP) is 4.92. The largest absolute Gasteiger partial charge is 0.305 e. The number of rotatable bonds is 5. The van der Waals surface area contributed by atoms with Crippen LogP contribution in [0.3, 0.4) is 0 Å². The van der Waals surface area contributed by atoms with Crippen molar-refractivity contribution in [2.24, 2.45) is 17.8 Å². The quantitative estimate of drug-likeness (QED) is 0.826. The summed E-state index contributed by atoms with van der Waals surface area (Å²) >= 11 is 3.74. The minimum atomic E-state index is 0.411. The molecular weight excluding hydrogens is 282 g/mol. The normalized spacial score (nSPS) is 28.6. The highest BCUT2D eigenvalue weighted by Crippen LogP contribution is 2.48. The molecule has 20 heavy (non-hydrogen) atoms. The van der Waals surface area contributed by atoms with Gasteiger partial charge in [-0.25, -0.2) is 0 Å². The van der Waals surface area contributed by atoms with Gasteiger partial charge in [0.25, 0.3) is 0 Å². The Morgan fingerprint density at radius 2 is 1.80 bits per heavy atom. The number of nitrogens with one attached hydrogen (secondary N) is 1. The second-order valence-corrected chi connectivity index (χ2v) is 8.27. The molecule has 2 fully saturated rings. The molecule has 2 saturated carbocycles. The van der Waals surface area contributed by atoms with Crippen LogP contribution in [0.1, 0.15) is 41.5 Å². The van der Waals surface area contributed by atoms with Crippen LogP contribution in [-0.4, -0.2) is 6.54 Å². The van der Waals surface area contributed by atoms with E-state index in [0.29, 0.717) is 6.04 Å². The van der Waals surface area contributed by atoms with Gasteiger partial charge < -0.3 is 5.32 Å². The highest BCUT2D eigenvalue weighted by molar-refractivity contribution is 7.11. The van der Waals surface area contributed by atoms with Gasteiger partial charge in [-0.3, -0.25) is 0 Å². The van der Waals surface area contributed by atoms with Crippen LogP contribution in [-0.2, 0) is 0 Å². The number of hydrogen-bond donors (Lipinski definition) is 1. The molecule has 0 spiro atoms. The third-order valence-electron chi connectivity index (χ3n) is 5.12. The minimum Gasteiger partial charge on any atom is -0.305 e. The monoisotopic (exact) mass is 303 g/mol. The van der Waals surface area contributed by atoms with Crippen molar-refractivity contribution in [3.63, 3.8) is 0 Å². The maximum absolute atomic E-state index is 3.87. The van der Waals surface area contributed by atoms with Crippen molar-refractivity contribution in [2.75, 3.05) is 6.54 Å². The van der Waals surface area contributed by atoms with Crippen molar-refractivity contribution < 1.29 is 0 Å². The highest BCUT2D eigenvalue weighted by Gasteiger charge is 2.39. The van der Waals surface area contributed by atoms with Gasteiger partial charge in [0.2, 0.25) is 0 Å². The first-order valence-electron chi connectivity index (χ1n) is 7.70. The molecule has 0 aliphatic heterocycles. The fourth-order valence-electron chi connectivity index (χ4n) is 4.15. The summed E-state index contributed by atoms with van der Waals surface area (Å²) in [5.41, 5.74) is 0. The van der Waals surface area contributed by atoms with E-state index in [4.69, 9.17) is 0 Å². The Hall–Kier alpha value is -0.640. The van der Waals surface area contributed by atoms with Crippen LogP contribution in [0.5, 0.6) is 0 Å². The zero-order valence-electron chi connectivity index (χ0n) is 11.6. The van der Waals surface area contributed by atoms with Crippen LogP contribution < -0.4 is 5.32 Å². The molecule has 1 N–H and O–H groups in total.